The van der Waals surface area contributed by atoms with E-state index in [1.807, 2.05) is 30.3 Å². The molecule has 0 aliphatic heterocycles. The van der Waals surface area contributed by atoms with Gasteiger partial charge in [0, 0.05) is 16.8 Å². The number of benzene rings is 3. The van der Waals surface area contributed by atoms with Crippen LogP contribution < -0.4 is 10.1 Å². The van der Waals surface area contributed by atoms with E-state index in [-0.39, 0.29) is 16.9 Å². The molecule has 0 spiro atoms. The van der Waals surface area contributed by atoms with Gasteiger partial charge in [0.25, 0.3) is 5.91 Å². The quantitative estimate of drug-likeness (QED) is 0.257. The predicted molar refractivity (Wildman–Crippen MR) is 154 cm³/mol. The first kappa shape index (κ1) is 26.4. The van der Waals surface area contributed by atoms with Crippen LogP contribution in [0.5, 0.6) is 11.5 Å². The van der Waals surface area contributed by atoms with Crippen LogP contribution in [0, 0.1) is 5.92 Å². The summed E-state index contributed by atoms with van der Waals surface area (Å²) < 4.78 is 6.21. The van der Waals surface area contributed by atoms with E-state index in [0.717, 1.165) is 34.4 Å². The molecule has 1 fully saturated rings. The zero-order valence-corrected chi connectivity index (χ0v) is 22.7. The second kappa shape index (κ2) is 10.9. The number of carboxylic acids is 1. The number of ether oxygens (including phenoxy) is 1. The number of aromatic carboxylic acids is 1. The molecule has 1 saturated carbocycles. The average molecular weight is 523 g/mol. The van der Waals surface area contributed by atoms with E-state index >= 15 is 0 Å². The van der Waals surface area contributed by atoms with Gasteiger partial charge in [-0.25, -0.2) is 9.78 Å². The number of anilines is 1. The van der Waals surface area contributed by atoms with Crippen molar-refractivity contribution in [2.45, 2.75) is 58.3 Å². The number of carboxylic acid groups (broad SMARTS) is 1. The molecule has 0 radical (unpaired) electrons. The number of rotatable bonds is 7. The summed E-state index contributed by atoms with van der Waals surface area (Å²) in [5, 5.41) is 13.9. The third kappa shape index (κ3) is 6.28. The first-order valence-corrected chi connectivity index (χ1v) is 13.5. The van der Waals surface area contributed by atoms with Crippen LogP contribution >= 0.6 is 0 Å². The highest BCUT2D eigenvalue weighted by atomic mass is 16.5. The Balaban J connectivity index is 1.43. The third-order valence-corrected chi connectivity index (χ3v) is 7.42. The summed E-state index contributed by atoms with van der Waals surface area (Å²) in [6, 6.07) is 22.0. The summed E-state index contributed by atoms with van der Waals surface area (Å²) in [5.74, 6) is 0.726. The summed E-state index contributed by atoms with van der Waals surface area (Å²) in [6.45, 7) is 6.57. The normalized spacial score (nSPS) is 13.9. The summed E-state index contributed by atoms with van der Waals surface area (Å²) in [6.07, 6.45) is 5.62. The minimum Gasteiger partial charge on any atom is -0.478 e. The van der Waals surface area contributed by atoms with E-state index in [1.54, 1.807) is 18.2 Å². The fraction of sp³-hybridized carbons (Fsp3) is 0.303. The molecule has 6 heteroatoms. The smallest absolute Gasteiger partial charge is 0.335 e. The third-order valence-electron chi connectivity index (χ3n) is 7.42. The second-order valence-electron chi connectivity index (χ2n) is 11.4. The van der Waals surface area contributed by atoms with Crippen LogP contribution in [0.4, 0.5) is 5.69 Å². The fourth-order valence-corrected chi connectivity index (χ4v) is 5.17. The lowest BCUT2D eigenvalue weighted by molar-refractivity contribution is 0.0696. The number of carbonyl (C=O) groups excluding carboxylic acids is 1. The van der Waals surface area contributed by atoms with Crippen molar-refractivity contribution in [3.63, 3.8) is 0 Å². The summed E-state index contributed by atoms with van der Waals surface area (Å²) in [5.41, 5.74) is 3.25. The standard InChI is InChI=1S/C33H34N2O4/c1-33(2,3)24-11-16-26(17-12-24)39-27-15-10-23-19-30(31(36)34-25-13-8-22(9-14-25)32(37)38)35-29(28(23)20-27)18-21-6-4-5-7-21/h8-17,19-21H,4-7,18H2,1-3H3,(H,34,36)(H,37,38). The van der Waals surface area contributed by atoms with Crippen LogP contribution in [0.25, 0.3) is 10.8 Å². The lowest BCUT2D eigenvalue weighted by atomic mass is 9.87. The van der Waals surface area contributed by atoms with Crippen molar-refractivity contribution in [3.8, 4) is 11.5 Å². The van der Waals surface area contributed by atoms with Crippen molar-refractivity contribution in [2.24, 2.45) is 5.92 Å². The van der Waals surface area contributed by atoms with E-state index < -0.39 is 5.97 Å². The molecular formula is C33H34N2O4. The minimum atomic E-state index is -1.01. The molecule has 3 aromatic carbocycles. The first-order chi connectivity index (χ1) is 18.7. The number of nitrogens with zero attached hydrogens (tertiary/aromatic N) is 1. The summed E-state index contributed by atoms with van der Waals surface area (Å²) in [7, 11) is 0. The molecule has 0 unspecified atom stereocenters. The Morgan fingerprint density at radius 2 is 1.59 bits per heavy atom. The average Bonchev–Trinajstić information content (AvgIpc) is 3.42. The van der Waals surface area contributed by atoms with Crippen molar-refractivity contribution < 1.29 is 19.4 Å². The molecule has 39 heavy (non-hydrogen) atoms. The molecule has 1 aliphatic rings. The molecule has 2 N–H and O–H groups in total. The Hall–Kier alpha value is -4.19. The first-order valence-electron chi connectivity index (χ1n) is 13.5. The van der Waals surface area contributed by atoms with Crippen LogP contribution in [-0.2, 0) is 11.8 Å². The van der Waals surface area contributed by atoms with Gasteiger partial charge >= 0.3 is 5.97 Å². The number of nitrogens with one attached hydrogen (secondary N) is 1. The summed E-state index contributed by atoms with van der Waals surface area (Å²) >= 11 is 0. The van der Waals surface area contributed by atoms with Gasteiger partial charge in [0.05, 0.1) is 5.56 Å². The molecule has 1 amide bonds. The van der Waals surface area contributed by atoms with Gasteiger partial charge in [-0.15, -0.1) is 0 Å². The van der Waals surface area contributed by atoms with Gasteiger partial charge in [-0.3, -0.25) is 4.79 Å². The van der Waals surface area contributed by atoms with Gasteiger partial charge in [0.2, 0.25) is 0 Å². The van der Waals surface area contributed by atoms with Gasteiger partial charge in [-0.05, 0) is 83.3 Å². The topological polar surface area (TPSA) is 88.5 Å². The zero-order chi connectivity index (χ0) is 27.6. The van der Waals surface area contributed by atoms with Gasteiger partial charge < -0.3 is 15.2 Å². The van der Waals surface area contributed by atoms with Crippen LogP contribution in [0.3, 0.4) is 0 Å². The second-order valence-corrected chi connectivity index (χ2v) is 11.4. The van der Waals surface area contributed by atoms with Crippen LogP contribution in [-0.4, -0.2) is 22.0 Å². The van der Waals surface area contributed by atoms with E-state index in [9.17, 15) is 9.59 Å². The molecule has 4 aromatic rings. The molecule has 1 aliphatic carbocycles. The van der Waals surface area contributed by atoms with Crippen LogP contribution in [0.2, 0.25) is 0 Å². The highest BCUT2D eigenvalue weighted by Gasteiger charge is 2.20. The lowest BCUT2D eigenvalue weighted by Gasteiger charge is -2.19. The molecule has 1 heterocycles. The van der Waals surface area contributed by atoms with Crippen molar-refractivity contribution in [3.05, 3.63) is 95.3 Å². The predicted octanol–water partition coefficient (Wildman–Crippen LogP) is 8.01. The van der Waals surface area contributed by atoms with Gasteiger partial charge in [0.15, 0.2) is 0 Å². The van der Waals surface area contributed by atoms with Crippen molar-refractivity contribution >= 4 is 28.3 Å². The SMILES string of the molecule is CC(C)(C)c1ccc(Oc2ccc3cc(C(=O)Nc4ccc(C(=O)O)cc4)nc(CC4CCCC4)c3c2)cc1. The van der Waals surface area contributed by atoms with Crippen molar-refractivity contribution in [1.82, 2.24) is 4.98 Å². The molecule has 1 aromatic heterocycles. The molecule has 0 atom stereocenters. The van der Waals surface area contributed by atoms with Crippen LogP contribution in [0.15, 0.2) is 72.8 Å². The Morgan fingerprint density at radius 1 is 0.923 bits per heavy atom. The van der Waals surface area contributed by atoms with Crippen molar-refractivity contribution in [1.29, 1.82) is 0 Å². The zero-order valence-electron chi connectivity index (χ0n) is 22.7. The largest absolute Gasteiger partial charge is 0.478 e. The van der Waals surface area contributed by atoms with Gasteiger partial charge in [-0.2, -0.15) is 0 Å². The van der Waals surface area contributed by atoms with Crippen LogP contribution in [0.1, 0.15) is 78.6 Å². The number of hydrogen-bond acceptors (Lipinski definition) is 4. The Morgan fingerprint density at radius 3 is 2.23 bits per heavy atom. The molecule has 0 saturated heterocycles. The number of hydrogen-bond donors (Lipinski definition) is 2. The monoisotopic (exact) mass is 522 g/mol. The number of pyridine rings is 1. The number of amides is 1. The maximum Gasteiger partial charge on any atom is 0.335 e. The highest BCUT2D eigenvalue weighted by Crippen LogP contribution is 2.33. The molecule has 0 bridgehead atoms. The molecular weight excluding hydrogens is 488 g/mol. The minimum absolute atomic E-state index is 0.0776. The fourth-order valence-electron chi connectivity index (χ4n) is 5.17. The molecule has 200 valence electrons. The van der Waals surface area contributed by atoms with Crippen molar-refractivity contribution in [2.75, 3.05) is 5.32 Å². The van der Waals surface area contributed by atoms with E-state index in [1.165, 1.54) is 43.4 Å². The number of carbonyl (C=O) groups is 2. The number of fused-ring (bicyclic) bond motifs is 1. The lowest BCUT2D eigenvalue weighted by Crippen LogP contribution is -2.15. The molecule has 6 nitrogen and oxygen atoms in total. The highest BCUT2D eigenvalue weighted by molar-refractivity contribution is 6.05. The Bertz CT molecular complexity index is 1500. The Kier molecular flexibility index (Phi) is 7.38. The van der Waals surface area contributed by atoms with E-state index in [2.05, 4.69) is 38.2 Å². The Labute approximate surface area is 229 Å². The maximum absolute atomic E-state index is 13.2. The van der Waals surface area contributed by atoms with Gasteiger partial charge in [0.1, 0.15) is 17.2 Å². The maximum atomic E-state index is 13.2. The summed E-state index contributed by atoms with van der Waals surface area (Å²) in [4.78, 5) is 29.1. The van der Waals surface area contributed by atoms with Gasteiger partial charge in [-0.1, -0.05) is 64.7 Å². The number of aromatic nitrogens is 1. The molecule has 5 rings (SSSR count). The van der Waals surface area contributed by atoms with E-state index in [0.29, 0.717) is 17.3 Å². The van der Waals surface area contributed by atoms with E-state index in [4.69, 9.17) is 14.8 Å².